The molecule has 5 nitrogen and oxygen atoms in total. The number of amides is 1. The van der Waals surface area contributed by atoms with Gasteiger partial charge in [0.15, 0.2) is 0 Å². The molecule has 7 heteroatoms. The van der Waals surface area contributed by atoms with E-state index in [-0.39, 0.29) is 10.8 Å². The van der Waals surface area contributed by atoms with E-state index in [1.54, 1.807) is 30.0 Å². The van der Waals surface area contributed by atoms with Gasteiger partial charge in [-0.1, -0.05) is 18.2 Å². The average molecular weight is 362 g/mol. The smallest absolute Gasteiger partial charge is 0.248 e. The number of nitrogens with one attached hydrogen (secondary N) is 2. The summed E-state index contributed by atoms with van der Waals surface area (Å²) in [6.07, 6.45) is 5.01. The molecule has 0 unspecified atom stereocenters. The topological polar surface area (TPSA) is 75.3 Å². The zero-order valence-electron chi connectivity index (χ0n) is 13.3. The van der Waals surface area contributed by atoms with Crippen molar-refractivity contribution < 1.29 is 13.2 Å². The summed E-state index contributed by atoms with van der Waals surface area (Å²) >= 11 is 1.60. The zero-order valence-corrected chi connectivity index (χ0v) is 14.9. The first-order valence-electron chi connectivity index (χ1n) is 7.11. The van der Waals surface area contributed by atoms with E-state index in [4.69, 9.17) is 0 Å². The van der Waals surface area contributed by atoms with Gasteiger partial charge < -0.3 is 5.32 Å². The Balaban J connectivity index is 2.03. The number of carbonyl (C=O) groups is 1. The predicted octanol–water partition coefficient (Wildman–Crippen LogP) is 2.97. The average Bonchev–Trinajstić information content (AvgIpc) is 2.60. The van der Waals surface area contributed by atoms with Gasteiger partial charge in [0, 0.05) is 16.7 Å². The van der Waals surface area contributed by atoms with Crippen LogP contribution in [0.1, 0.15) is 5.56 Å². The number of hydrogen-bond donors (Lipinski definition) is 2. The van der Waals surface area contributed by atoms with E-state index < -0.39 is 10.0 Å². The number of rotatable bonds is 6. The minimum atomic E-state index is -3.45. The highest BCUT2D eigenvalue weighted by Crippen LogP contribution is 2.19. The molecule has 0 aliphatic carbocycles. The van der Waals surface area contributed by atoms with E-state index in [1.807, 2.05) is 30.5 Å². The van der Waals surface area contributed by atoms with Gasteiger partial charge in [0.05, 0.1) is 4.90 Å². The van der Waals surface area contributed by atoms with Crippen LogP contribution < -0.4 is 10.0 Å². The molecule has 0 atom stereocenters. The molecule has 0 heterocycles. The fraction of sp³-hybridized carbons (Fsp3) is 0.118. The lowest BCUT2D eigenvalue weighted by Gasteiger charge is -2.04. The second-order valence-electron chi connectivity index (χ2n) is 4.83. The predicted molar refractivity (Wildman–Crippen MR) is 98.6 cm³/mol. The second kappa shape index (κ2) is 8.14. The maximum atomic E-state index is 11.9. The molecule has 24 heavy (non-hydrogen) atoms. The normalized spacial score (nSPS) is 11.6. The molecule has 2 rings (SSSR count). The highest BCUT2D eigenvalue weighted by molar-refractivity contribution is 7.98. The standard InChI is InChI=1S/C17H18N2O3S2/c1-18-24(21,22)16-9-6-13(7-10-16)8-11-17(20)19-14-4-3-5-15(12-14)23-2/h3-12,18H,1-2H3,(H,19,20)/b11-8+. The fourth-order valence-corrected chi connectivity index (χ4v) is 3.12. The van der Waals surface area contributed by atoms with Gasteiger partial charge in [0.1, 0.15) is 0 Å². The maximum Gasteiger partial charge on any atom is 0.248 e. The van der Waals surface area contributed by atoms with Crippen LogP contribution in [-0.2, 0) is 14.8 Å². The van der Waals surface area contributed by atoms with Crippen LogP contribution in [0.15, 0.2) is 64.4 Å². The Kier molecular flexibility index (Phi) is 6.19. The number of anilines is 1. The molecule has 0 spiro atoms. The van der Waals surface area contributed by atoms with E-state index in [2.05, 4.69) is 10.0 Å². The second-order valence-corrected chi connectivity index (χ2v) is 7.60. The van der Waals surface area contributed by atoms with Crippen LogP contribution in [0.4, 0.5) is 5.69 Å². The monoisotopic (exact) mass is 362 g/mol. The summed E-state index contributed by atoms with van der Waals surface area (Å²) in [7, 11) is -2.09. The van der Waals surface area contributed by atoms with Crippen molar-refractivity contribution in [1.29, 1.82) is 0 Å². The molecule has 0 bridgehead atoms. The lowest BCUT2D eigenvalue weighted by Crippen LogP contribution is -2.18. The zero-order chi connectivity index (χ0) is 17.6. The highest BCUT2D eigenvalue weighted by atomic mass is 32.2. The summed E-state index contributed by atoms with van der Waals surface area (Å²) < 4.78 is 25.5. The van der Waals surface area contributed by atoms with Gasteiger partial charge in [-0.15, -0.1) is 11.8 Å². The van der Waals surface area contributed by atoms with Gasteiger partial charge in [0.25, 0.3) is 0 Å². The lowest BCUT2D eigenvalue weighted by atomic mass is 10.2. The Hall–Kier alpha value is -2.09. The van der Waals surface area contributed by atoms with Crippen molar-refractivity contribution in [3.63, 3.8) is 0 Å². The number of carbonyl (C=O) groups excluding carboxylic acids is 1. The molecule has 126 valence electrons. The molecule has 2 aromatic rings. The van der Waals surface area contributed by atoms with Crippen LogP contribution in [-0.4, -0.2) is 27.6 Å². The first-order chi connectivity index (χ1) is 11.4. The SMILES string of the molecule is CNS(=O)(=O)c1ccc(/C=C/C(=O)Nc2cccc(SC)c2)cc1. The van der Waals surface area contributed by atoms with E-state index in [9.17, 15) is 13.2 Å². The third kappa shape index (κ3) is 4.95. The van der Waals surface area contributed by atoms with Crippen LogP contribution >= 0.6 is 11.8 Å². The maximum absolute atomic E-state index is 11.9. The van der Waals surface area contributed by atoms with Crippen LogP contribution in [0.2, 0.25) is 0 Å². The molecule has 2 N–H and O–H groups in total. The molecule has 0 radical (unpaired) electrons. The third-order valence-electron chi connectivity index (χ3n) is 3.22. The summed E-state index contributed by atoms with van der Waals surface area (Å²) in [4.78, 5) is 13.2. The van der Waals surface area contributed by atoms with Gasteiger partial charge in [-0.3, -0.25) is 4.79 Å². The number of thioether (sulfide) groups is 1. The molecule has 0 saturated carbocycles. The van der Waals surface area contributed by atoms with Crippen LogP contribution in [0.5, 0.6) is 0 Å². The van der Waals surface area contributed by atoms with Crippen molar-refractivity contribution >= 4 is 39.5 Å². The van der Waals surface area contributed by atoms with E-state index in [0.29, 0.717) is 0 Å². The van der Waals surface area contributed by atoms with Crippen LogP contribution in [0.3, 0.4) is 0 Å². The Morgan fingerprint density at radius 1 is 1.12 bits per heavy atom. The third-order valence-corrected chi connectivity index (χ3v) is 5.38. The molecule has 0 saturated heterocycles. The largest absolute Gasteiger partial charge is 0.322 e. The van der Waals surface area contributed by atoms with Crippen LogP contribution in [0.25, 0.3) is 6.08 Å². The summed E-state index contributed by atoms with van der Waals surface area (Å²) in [5, 5.41) is 2.79. The summed E-state index contributed by atoms with van der Waals surface area (Å²) in [5.74, 6) is -0.250. The van der Waals surface area contributed by atoms with Gasteiger partial charge >= 0.3 is 0 Å². The molecule has 0 fully saturated rings. The molecular weight excluding hydrogens is 344 g/mol. The van der Waals surface area contributed by atoms with Crippen molar-refractivity contribution in [1.82, 2.24) is 4.72 Å². The number of sulfonamides is 1. The Morgan fingerprint density at radius 2 is 1.83 bits per heavy atom. The first kappa shape index (κ1) is 18.3. The van der Waals surface area contributed by atoms with Crippen molar-refractivity contribution in [3.05, 3.63) is 60.2 Å². The van der Waals surface area contributed by atoms with Gasteiger partial charge in [-0.2, -0.15) is 0 Å². The number of benzene rings is 2. The van der Waals surface area contributed by atoms with E-state index in [0.717, 1.165) is 16.1 Å². The van der Waals surface area contributed by atoms with Gasteiger partial charge in [0.2, 0.25) is 15.9 Å². The molecule has 0 aliphatic heterocycles. The Bertz CT molecular complexity index is 844. The van der Waals surface area contributed by atoms with E-state index in [1.165, 1.54) is 25.3 Å². The minimum Gasteiger partial charge on any atom is -0.322 e. The highest BCUT2D eigenvalue weighted by Gasteiger charge is 2.09. The lowest BCUT2D eigenvalue weighted by molar-refractivity contribution is -0.111. The molecular formula is C17H18N2O3S2. The fourth-order valence-electron chi connectivity index (χ4n) is 1.93. The van der Waals surface area contributed by atoms with Gasteiger partial charge in [-0.05, 0) is 55.3 Å². The quantitative estimate of drug-likeness (QED) is 0.612. The minimum absolute atomic E-state index is 0.181. The molecule has 0 aliphatic rings. The van der Waals surface area contributed by atoms with E-state index >= 15 is 0 Å². The molecule has 1 amide bonds. The molecule has 0 aromatic heterocycles. The number of hydrogen-bond acceptors (Lipinski definition) is 4. The van der Waals surface area contributed by atoms with Crippen LogP contribution in [0, 0.1) is 0 Å². The summed E-state index contributed by atoms with van der Waals surface area (Å²) in [6.45, 7) is 0. The molecule has 2 aromatic carbocycles. The Labute approximate surface area is 146 Å². The van der Waals surface area contributed by atoms with Crippen molar-refractivity contribution in [2.75, 3.05) is 18.6 Å². The summed E-state index contributed by atoms with van der Waals surface area (Å²) in [5.41, 5.74) is 1.46. The Morgan fingerprint density at radius 3 is 2.46 bits per heavy atom. The van der Waals surface area contributed by atoms with Gasteiger partial charge in [-0.25, -0.2) is 13.1 Å². The first-order valence-corrected chi connectivity index (χ1v) is 9.82. The van der Waals surface area contributed by atoms with Crippen molar-refractivity contribution in [2.45, 2.75) is 9.79 Å². The van der Waals surface area contributed by atoms with Crippen molar-refractivity contribution in [3.8, 4) is 0 Å². The summed E-state index contributed by atoms with van der Waals surface area (Å²) in [6, 6.07) is 13.8. The van der Waals surface area contributed by atoms with Crippen molar-refractivity contribution in [2.24, 2.45) is 0 Å².